The number of rotatable bonds is 3. The Hall–Kier alpha value is -1.51. The Morgan fingerprint density at radius 1 is 1.40 bits per heavy atom. The quantitative estimate of drug-likeness (QED) is 0.774. The maximum atomic E-state index is 11.4. The van der Waals surface area contributed by atoms with Gasteiger partial charge in [0.25, 0.3) is 0 Å². The maximum absolute atomic E-state index is 11.4. The normalized spacial score (nSPS) is 10.2. The molecule has 0 saturated carbocycles. The standard InChI is InChI=1S/C12H17NO2/c1-8(2)13-11-7-5-6-10(9(11)3)12(14)15-4/h5-8,13H,1-4H3. The summed E-state index contributed by atoms with van der Waals surface area (Å²) in [4.78, 5) is 11.4. The van der Waals surface area contributed by atoms with Gasteiger partial charge in [-0.1, -0.05) is 6.07 Å². The average Bonchev–Trinajstić information content (AvgIpc) is 2.19. The largest absolute Gasteiger partial charge is 0.465 e. The van der Waals surface area contributed by atoms with E-state index in [1.54, 1.807) is 6.07 Å². The van der Waals surface area contributed by atoms with Crippen molar-refractivity contribution in [1.82, 2.24) is 0 Å². The Morgan fingerprint density at radius 3 is 2.60 bits per heavy atom. The van der Waals surface area contributed by atoms with Crippen LogP contribution >= 0.6 is 0 Å². The number of methoxy groups -OCH3 is 1. The first-order valence-corrected chi connectivity index (χ1v) is 5.00. The van der Waals surface area contributed by atoms with Gasteiger partial charge in [0.2, 0.25) is 0 Å². The van der Waals surface area contributed by atoms with Gasteiger partial charge in [0.05, 0.1) is 12.7 Å². The van der Waals surface area contributed by atoms with E-state index in [0.29, 0.717) is 11.6 Å². The number of hydrogen-bond acceptors (Lipinski definition) is 3. The van der Waals surface area contributed by atoms with Gasteiger partial charge in [0, 0.05) is 11.7 Å². The highest BCUT2D eigenvalue weighted by Gasteiger charge is 2.11. The summed E-state index contributed by atoms with van der Waals surface area (Å²) in [5.74, 6) is -0.292. The van der Waals surface area contributed by atoms with Crippen molar-refractivity contribution in [2.75, 3.05) is 12.4 Å². The molecule has 1 aromatic carbocycles. The highest BCUT2D eigenvalue weighted by atomic mass is 16.5. The molecule has 1 N–H and O–H groups in total. The van der Waals surface area contributed by atoms with Gasteiger partial charge < -0.3 is 10.1 Å². The molecule has 3 heteroatoms. The molecule has 0 radical (unpaired) electrons. The molecule has 82 valence electrons. The van der Waals surface area contributed by atoms with Crippen LogP contribution in [0, 0.1) is 6.92 Å². The molecule has 0 fully saturated rings. The number of esters is 1. The molecule has 3 nitrogen and oxygen atoms in total. The first kappa shape index (κ1) is 11.6. The third-order valence-electron chi connectivity index (χ3n) is 2.18. The molecule has 1 rings (SSSR count). The second-order valence-electron chi connectivity index (χ2n) is 3.77. The number of hydrogen-bond donors (Lipinski definition) is 1. The molecule has 0 aliphatic rings. The van der Waals surface area contributed by atoms with E-state index in [1.807, 2.05) is 19.1 Å². The van der Waals surface area contributed by atoms with Gasteiger partial charge in [-0.05, 0) is 38.5 Å². The number of carbonyl (C=O) groups is 1. The van der Waals surface area contributed by atoms with Crippen LogP contribution in [0.5, 0.6) is 0 Å². The van der Waals surface area contributed by atoms with Crippen molar-refractivity contribution < 1.29 is 9.53 Å². The lowest BCUT2D eigenvalue weighted by atomic mass is 10.1. The SMILES string of the molecule is COC(=O)c1cccc(NC(C)C)c1C. The van der Waals surface area contributed by atoms with Gasteiger partial charge in [0.15, 0.2) is 0 Å². The predicted molar refractivity (Wildman–Crippen MR) is 61.3 cm³/mol. The number of benzene rings is 1. The van der Waals surface area contributed by atoms with Gasteiger partial charge in [-0.3, -0.25) is 0 Å². The van der Waals surface area contributed by atoms with Crippen molar-refractivity contribution in [3.8, 4) is 0 Å². The molecule has 0 bridgehead atoms. The Bertz CT molecular complexity index is 359. The van der Waals surface area contributed by atoms with E-state index in [9.17, 15) is 4.79 Å². The predicted octanol–water partition coefficient (Wildman–Crippen LogP) is 2.60. The van der Waals surface area contributed by atoms with Crippen LogP contribution < -0.4 is 5.32 Å². The van der Waals surface area contributed by atoms with Crippen molar-refractivity contribution in [2.45, 2.75) is 26.8 Å². The number of anilines is 1. The zero-order valence-electron chi connectivity index (χ0n) is 9.63. The highest BCUT2D eigenvalue weighted by molar-refractivity contribution is 5.92. The monoisotopic (exact) mass is 207 g/mol. The summed E-state index contributed by atoms with van der Waals surface area (Å²) in [5.41, 5.74) is 2.52. The summed E-state index contributed by atoms with van der Waals surface area (Å²) in [6.45, 7) is 6.03. The van der Waals surface area contributed by atoms with Gasteiger partial charge in [-0.25, -0.2) is 4.79 Å². The molecule has 0 saturated heterocycles. The molecule has 0 atom stereocenters. The molecule has 0 heterocycles. The van der Waals surface area contributed by atoms with E-state index in [2.05, 4.69) is 19.2 Å². The topological polar surface area (TPSA) is 38.3 Å². The van der Waals surface area contributed by atoms with E-state index in [0.717, 1.165) is 11.3 Å². The molecule has 0 aliphatic heterocycles. The molecule has 1 aromatic rings. The Morgan fingerprint density at radius 2 is 2.07 bits per heavy atom. The molecule has 0 unspecified atom stereocenters. The van der Waals surface area contributed by atoms with Crippen molar-refractivity contribution in [3.05, 3.63) is 29.3 Å². The van der Waals surface area contributed by atoms with Crippen molar-refractivity contribution in [2.24, 2.45) is 0 Å². The summed E-state index contributed by atoms with van der Waals surface area (Å²) >= 11 is 0. The Balaban J connectivity index is 3.05. The molecule has 15 heavy (non-hydrogen) atoms. The first-order valence-electron chi connectivity index (χ1n) is 5.00. The molecule has 0 spiro atoms. The van der Waals surface area contributed by atoms with Gasteiger partial charge in [-0.2, -0.15) is 0 Å². The fourth-order valence-corrected chi connectivity index (χ4v) is 1.43. The van der Waals surface area contributed by atoms with Crippen LogP contribution in [0.4, 0.5) is 5.69 Å². The highest BCUT2D eigenvalue weighted by Crippen LogP contribution is 2.20. The van der Waals surface area contributed by atoms with Crippen molar-refractivity contribution in [3.63, 3.8) is 0 Å². The lowest BCUT2D eigenvalue weighted by Gasteiger charge is -2.14. The minimum absolute atomic E-state index is 0.292. The van der Waals surface area contributed by atoms with Gasteiger partial charge >= 0.3 is 5.97 Å². The number of ether oxygens (including phenoxy) is 1. The average molecular weight is 207 g/mol. The summed E-state index contributed by atoms with van der Waals surface area (Å²) in [5, 5.41) is 3.28. The van der Waals surface area contributed by atoms with E-state index in [1.165, 1.54) is 7.11 Å². The van der Waals surface area contributed by atoms with Crippen LogP contribution in [-0.2, 0) is 4.74 Å². The molecular formula is C12H17NO2. The summed E-state index contributed by atoms with van der Waals surface area (Å²) < 4.78 is 4.71. The molecule has 0 amide bonds. The second kappa shape index (κ2) is 4.82. The number of carbonyl (C=O) groups excluding carboxylic acids is 1. The van der Waals surface area contributed by atoms with Crippen LogP contribution in [-0.4, -0.2) is 19.1 Å². The molecule has 0 aromatic heterocycles. The molecule has 0 aliphatic carbocycles. The van der Waals surface area contributed by atoms with E-state index in [4.69, 9.17) is 4.74 Å². The van der Waals surface area contributed by atoms with E-state index < -0.39 is 0 Å². The van der Waals surface area contributed by atoms with Crippen LogP contribution in [0.3, 0.4) is 0 Å². The van der Waals surface area contributed by atoms with E-state index in [-0.39, 0.29) is 5.97 Å². The fraction of sp³-hybridized carbons (Fsp3) is 0.417. The van der Waals surface area contributed by atoms with Crippen LogP contribution in [0.15, 0.2) is 18.2 Å². The molecular weight excluding hydrogens is 190 g/mol. The lowest BCUT2D eigenvalue weighted by molar-refractivity contribution is 0.0600. The zero-order chi connectivity index (χ0) is 11.4. The zero-order valence-corrected chi connectivity index (χ0v) is 9.63. The minimum Gasteiger partial charge on any atom is -0.465 e. The lowest BCUT2D eigenvalue weighted by Crippen LogP contribution is -2.13. The van der Waals surface area contributed by atoms with Crippen molar-refractivity contribution >= 4 is 11.7 Å². The van der Waals surface area contributed by atoms with Crippen LogP contribution in [0.1, 0.15) is 29.8 Å². The smallest absolute Gasteiger partial charge is 0.338 e. The maximum Gasteiger partial charge on any atom is 0.338 e. The van der Waals surface area contributed by atoms with Crippen LogP contribution in [0.25, 0.3) is 0 Å². The number of nitrogens with one attached hydrogen (secondary N) is 1. The first-order chi connectivity index (χ1) is 7.06. The third kappa shape index (κ3) is 2.72. The minimum atomic E-state index is -0.292. The van der Waals surface area contributed by atoms with Crippen molar-refractivity contribution in [1.29, 1.82) is 0 Å². The Kier molecular flexibility index (Phi) is 3.72. The summed E-state index contributed by atoms with van der Waals surface area (Å²) in [6.07, 6.45) is 0. The van der Waals surface area contributed by atoms with E-state index >= 15 is 0 Å². The van der Waals surface area contributed by atoms with Crippen LogP contribution in [0.2, 0.25) is 0 Å². The fourth-order valence-electron chi connectivity index (χ4n) is 1.43. The summed E-state index contributed by atoms with van der Waals surface area (Å²) in [6, 6.07) is 5.93. The third-order valence-corrected chi connectivity index (χ3v) is 2.18. The Labute approximate surface area is 90.4 Å². The van der Waals surface area contributed by atoms with Gasteiger partial charge in [-0.15, -0.1) is 0 Å². The van der Waals surface area contributed by atoms with Gasteiger partial charge in [0.1, 0.15) is 0 Å². The second-order valence-corrected chi connectivity index (χ2v) is 3.77. The summed E-state index contributed by atoms with van der Waals surface area (Å²) in [7, 11) is 1.39.